The largest absolute Gasteiger partial charge is 0.389 e. The molecule has 1 aliphatic rings. The number of carbonyl (C=O) groups excluding carboxylic acids is 1. The molecule has 2 aromatic rings. The molecule has 22 heavy (non-hydrogen) atoms. The van der Waals surface area contributed by atoms with Crippen LogP contribution in [0.5, 0.6) is 0 Å². The minimum absolute atomic E-state index is 0.155. The lowest BCUT2D eigenvalue weighted by atomic mass is 9.96. The standard InChI is InChI=1S/C16H10ClN3OS/c1-8-11(5-10(6-18)13(7-21)20-8)9-2-3-14-12(4-9)15(17)16(19)22-14/h2-5,20H,19H2,1H3. The SMILES string of the molecule is CC1=C(c2ccc3sc(N)c(Cl)c3c2)C=C(C#N)C(=C=O)N1. The lowest BCUT2D eigenvalue weighted by molar-refractivity contribution is 0.566. The maximum atomic E-state index is 10.9. The molecule has 3 rings (SSSR count). The van der Waals surface area contributed by atoms with Gasteiger partial charge in [-0.1, -0.05) is 17.7 Å². The summed E-state index contributed by atoms with van der Waals surface area (Å²) in [5, 5.41) is 14.1. The van der Waals surface area contributed by atoms with Crippen LogP contribution in [0.15, 0.2) is 41.2 Å². The van der Waals surface area contributed by atoms with Crippen LogP contribution in [-0.2, 0) is 4.79 Å². The van der Waals surface area contributed by atoms with Gasteiger partial charge in [0.2, 0.25) is 0 Å². The van der Waals surface area contributed by atoms with Gasteiger partial charge in [-0.05, 0) is 30.7 Å². The van der Waals surface area contributed by atoms with Gasteiger partial charge in [0.05, 0.1) is 10.6 Å². The Balaban J connectivity index is 2.19. The molecule has 3 N–H and O–H groups in total. The van der Waals surface area contributed by atoms with Crippen molar-refractivity contribution >= 4 is 49.5 Å². The van der Waals surface area contributed by atoms with Crippen LogP contribution < -0.4 is 11.1 Å². The number of nitrogens with zero attached hydrogens (tertiary/aromatic N) is 1. The van der Waals surface area contributed by atoms with Gasteiger partial charge in [0.25, 0.3) is 0 Å². The van der Waals surface area contributed by atoms with E-state index in [2.05, 4.69) is 5.32 Å². The van der Waals surface area contributed by atoms with Crippen molar-refractivity contribution in [3.63, 3.8) is 0 Å². The molecule has 1 aliphatic heterocycles. The third-order valence-electron chi connectivity index (χ3n) is 3.46. The molecule has 108 valence electrons. The Bertz CT molecular complexity index is 956. The highest BCUT2D eigenvalue weighted by atomic mass is 35.5. The summed E-state index contributed by atoms with van der Waals surface area (Å²) >= 11 is 7.66. The lowest BCUT2D eigenvalue weighted by Gasteiger charge is -2.17. The summed E-state index contributed by atoms with van der Waals surface area (Å²) in [5.74, 6) is 1.74. The number of halogens is 1. The van der Waals surface area contributed by atoms with Crippen molar-refractivity contribution in [3.05, 3.63) is 51.8 Å². The van der Waals surface area contributed by atoms with E-state index in [0.717, 1.165) is 26.9 Å². The monoisotopic (exact) mass is 327 g/mol. The summed E-state index contributed by atoms with van der Waals surface area (Å²) in [6, 6.07) is 7.82. The molecule has 0 atom stereocenters. The Labute approximate surface area is 135 Å². The number of nitrogens with one attached hydrogen (secondary N) is 1. The Hall–Kier alpha value is -2.51. The first-order chi connectivity index (χ1) is 10.5. The number of rotatable bonds is 1. The Morgan fingerprint density at radius 3 is 2.86 bits per heavy atom. The molecule has 0 aliphatic carbocycles. The maximum Gasteiger partial charge on any atom is 0.151 e. The fourth-order valence-corrected chi connectivity index (χ4v) is 3.54. The first-order valence-electron chi connectivity index (χ1n) is 6.38. The molecule has 0 spiro atoms. The summed E-state index contributed by atoms with van der Waals surface area (Å²) in [6.07, 6.45) is 1.68. The predicted molar refractivity (Wildman–Crippen MR) is 89.9 cm³/mol. The summed E-state index contributed by atoms with van der Waals surface area (Å²) in [6.45, 7) is 1.84. The summed E-state index contributed by atoms with van der Waals surface area (Å²) in [4.78, 5) is 10.9. The van der Waals surface area contributed by atoms with Crippen LogP contribution in [0.3, 0.4) is 0 Å². The zero-order chi connectivity index (χ0) is 15.9. The van der Waals surface area contributed by atoms with Crippen LogP contribution >= 0.6 is 22.9 Å². The number of nitrogen functional groups attached to an aromatic ring is 1. The Kier molecular flexibility index (Phi) is 3.51. The number of anilines is 1. The van der Waals surface area contributed by atoms with Crippen molar-refractivity contribution in [1.29, 1.82) is 5.26 Å². The van der Waals surface area contributed by atoms with Crippen molar-refractivity contribution in [1.82, 2.24) is 5.32 Å². The second-order valence-corrected chi connectivity index (χ2v) is 6.26. The number of thiophene rings is 1. The third-order valence-corrected chi connectivity index (χ3v) is 4.98. The quantitative estimate of drug-likeness (QED) is 0.784. The number of dihydropyridines is 1. The maximum absolute atomic E-state index is 10.9. The normalized spacial score (nSPS) is 14.4. The van der Waals surface area contributed by atoms with Crippen molar-refractivity contribution in [3.8, 4) is 6.07 Å². The topological polar surface area (TPSA) is 78.9 Å². The number of hydrogen-bond acceptors (Lipinski definition) is 5. The zero-order valence-corrected chi connectivity index (χ0v) is 13.1. The van der Waals surface area contributed by atoms with Gasteiger partial charge in [-0.3, -0.25) is 0 Å². The van der Waals surface area contributed by atoms with Crippen molar-refractivity contribution in [2.24, 2.45) is 0 Å². The van der Waals surface area contributed by atoms with E-state index in [1.807, 2.05) is 31.2 Å². The first-order valence-corrected chi connectivity index (χ1v) is 7.57. The van der Waals surface area contributed by atoms with Gasteiger partial charge < -0.3 is 11.1 Å². The minimum Gasteiger partial charge on any atom is -0.389 e. The van der Waals surface area contributed by atoms with Crippen LogP contribution in [0.1, 0.15) is 12.5 Å². The van der Waals surface area contributed by atoms with Gasteiger partial charge in [0, 0.05) is 21.4 Å². The van der Waals surface area contributed by atoms with Gasteiger partial charge >= 0.3 is 0 Å². The molecule has 1 aromatic carbocycles. The van der Waals surface area contributed by atoms with Gasteiger partial charge in [-0.2, -0.15) is 5.26 Å². The second kappa shape index (κ2) is 5.36. The van der Waals surface area contributed by atoms with E-state index in [1.54, 1.807) is 12.0 Å². The smallest absolute Gasteiger partial charge is 0.151 e. The van der Waals surface area contributed by atoms with Crippen molar-refractivity contribution in [2.45, 2.75) is 6.92 Å². The number of nitriles is 1. The number of nitrogens with two attached hydrogens (primary N) is 1. The number of benzene rings is 1. The van der Waals surface area contributed by atoms with E-state index >= 15 is 0 Å². The highest BCUT2D eigenvalue weighted by Gasteiger charge is 2.18. The van der Waals surface area contributed by atoms with E-state index in [9.17, 15) is 4.79 Å². The van der Waals surface area contributed by atoms with Gasteiger partial charge in [0.1, 0.15) is 16.8 Å². The van der Waals surface area contributed by atoms with E-state index in [0.29, 0.717) is 10.0 Å². The summed E-state index contributed by atoms with van der Waals surface area (Å²) < 4.78 is 1.01. The van der Waals surface area contributed by atoms with Crippen LogP contribution in [0, 0.1) is 11.3 Å². The second-order valence-electron chi connectivity index (χ2n) is 4.80. The molecule has 2 heterocycles. The van der Waals surface area contributed by atoms with E-state index in [-0.39, 0.29) is 11.3 Å². The molecule has 4 nitrogen and oxygen atoms in total. The van der Waals surface area contributed by atoms with Crippen LogP contribution in [-0.4, -0.2) is 5.94 Å². The minimum atomic E-state index is 0.155. The van der Waals surface area contributed by atoms with E-state index < -0.39 is 0 Å². The molecule has 0 radical (unpaired) electrons. The van der Waals surface area contributed by atoms with E-state index in [1.165, 1.54) is 11.3 Å². The average Bonchev–Trinajstić information content (AvgIpc) is 2.81. The van der Waals surface area contributed by atoms with Crippen LogP contribution in [0.25, 0.3) is 15.7 Å². The van der Waals surface area contributed by atoms with E-state index in [4.69, 9.17) is 22.6 Å². The first kappa shape index (κ1) is 14.4. The molecule has 0 amide bonds. The predicted octanol–water partition coefficient (Wildman–Crippen LogP) is 3.64. The molecular formula is C16H10ClN3OS. The van der Waals surface area contributed by atoms with Crippen LogP contribution in [0.2, 0.25) is 5.02 Å². The zero-order valence-electron chi connectivity index (χ0n) is 11.5. The number of hydrogen-bond donors (Lipinski definition) is 2. The molecule has 0 saturated carbocycles. The Morgan fingerprint density at radius 1 is 1.41 bits per heavy atom. The number of allylic oxidation sites excluding steroid dienone is 4. The highest BCUT2D eigenvalue weighted by Crippen LogP contribution is 2.39. The molecule has 6 heteroatoms. The molecule has 0 fully saturated rings. The van der Waals surface area contributed by atoms with Crippen molar-refractivity contribution < 1.29 is 4.79 Å². The average molecular weight is 328 g/mol. The third kappa shape index (κ3) is 2.20. The van der Waals surface area contributed by atoms with Crippen LogP contribution in [0.4, 0.5) is 5.00 Å². The fraction of sp³-hybridized carbons (Fsp3) is 0.0625. The lowest BCUT2D eigenvalue weighted by Crippen LogP contribution is -2.18. The Morgan fingerprint density at radius 2 is 2.18 bits per heavy atom. The summed E-state index contributed by atoms with van der Waals surface area (Å²) in [7, 11) is 0. The molecule has 1 aromatic heterocycles. The molecule has 0 bridgehead atoms. The molecule has 0 unspecified atom stereocenters. The van der Waals surface area contributed by atoms with Gasteiger partial charge in [-0.25, -0.2) is 4.79 Å². The van der Waals surface area contributed by atoms with Gasteiger partial charge in [-0.15, -0.1) is 11.3 Å². The highest BCUT2D eigenvalue weighted by molar-refractivity contribution is 7.23. The molecule has 0 saturated heterocycles. The molecular weight excluding hydrogens is 318 g/mol. The van der Waals surface area contributed by atoms with Gasteiger partial charge in [0.15, 0.2) is 5.94 Å². The van der Waals surface area contributed by atoms with Crippen molar-refractivity contribution in [2.75, 3.05) is 5.73 Å². The summed E-state index contributed by atoms with van der Waals surface area (Å²) in [5.41, 5.74) is 8.76. The fourth-order valence-electron chi connectivity index (χ4n) is 2.37. The number of fused-ring (bicyclic) bond motifs is 1.